The number of aromatic nitrogens is 5. The number of rotatable bonds is 7. The number of aryl methyl sites for hydroxylation is 1. The first-order valence-corrected chi connectivity index (χ1v) is 10.8. The zero-order valence-electron chi connectivity index (χ0n) is 17.1. The van der Waals surface area contributed by atoms with Gasteiger partial charge in [-0.2, -0.15) is 0 Å². The highest BCUT2D eigenvalue weighted by Gasteiger charge is 2.18. The van der Waals surface area contributed by atoms with Crippen molar-refractivity contribution in [2.75, 3.05) is 0 Å². The minimum absolute atomic E-state index is 0.133. The predicted molar refractivity (Wildman–Crippen MR) is 118 cm³/mol. The normalized spacial score (nSPS) is 12.2. The molecular weight excluding hydrogens is 398 g/mol. The Kier molecular flexibility index (Phi) is 5.85. The van der Waals surface area contributed by atoms with Crippen molar-refractivity contribution < 1.29 is 4.74 Å². The Labute approximate surface area is 178 Å². The standard InChI is InChI=1S/C22H23N5O2S/c1-4-15-9-11-16(12-10-15)29-14(2)20-25-26-22(27(20)3)30-13-19-23-18-8-6-5-7-17(18)21(28)24-19/h5-12,14H,4,13H2,1-3H3,(H,23,24,28). The number of para-hydroxylation sites is 1. The lowest BCUT2D eigenvalue weighted by Crippen LogP contribution is -2.11. The lowest BCUT2D eigenvalue weighted by atomic mass is 10.2. The van der Waals surface area contributed by atoms with Gasteiger partial charge >= 0.3 is 0 Å². The van der Waals surface area contributed by atoms with Gasteiger partial charge in [0.25, 0.3) is 5.56 Å². The molecule has 0 saturated heterocycles. The molecule has 0 aliphatic rings. The molecule has 0 fully saturated rings. The highest BCUT2D eigenvalue weighted by Crippen LogP contribution is 2.25. The lowest BCUT2D eigenvalue weighted by Gasteiger charge is -2.14. The molecule has 0 bridgehead atoms. The van der Waals surface area contributed by atoms with Crippen LogP contribution in [0.2, 0.25) is 0 Å². The van der Waals surface area contributed by atoms with Gasteiger partial charge in [-0.05, 0) is 43.2 Å². The van der Waals surface area contributed by atoms with Crippen LogP contribution in [-0.4, -0.2) is 24.7 Å². The van der Waals surface area contributed by atoms with Crippen molar-refractivity contribution in [3.05, 3.63) is 76.1 Å². The smallest absolute Gasteiger partial charge is 0.258 e. The van der Waals surface area contributed by atoms with E-state index in [4.69, 9.17) is 4.74 Å². The van der Waals surface area contributed by atoms with Gasteiger partial charge in [0.05, 0.1) is 16.7 Å². The number of hydrogen-bond acceptors (Lipinski definition) is 6. The third-order valence-corrected chi connectivity index (χ3v) is 5.91. The van der Waals surface area contributed by atoms with E-state index in [9.17, 15) is 4.79 Å². The maximum atomic E-state index is 12.2. The van der Waals surface area contributed by atoms with Gasteiger partial charge < -0.3 is 14.3 Å². The van der Waals surface area contributed by atoms with Crippen LogP contribution in [0, 0.1) is 0 Å². The van der Waals surface area contributed by atoms with E-state index < -0.39 is 0 Å². The Balaban J connectivity index is 1.45. The molecule has 4 rings (SSSR count). The molecule has 0 aliphatic carbocycles. The van der Waals surface area contributed by atoms with Crippen LogP contribution in [0.1, 0.15) is 37.2 Å². The number of aromatic amines is 1. The molecule has 1 N–H and O–H groups in total. The minimum atomic E-state index is -0.247. The van der Waals surface area contributed by atoms with Crippen LogP contribution >= 0.6 is 11.8 Å². The maximum Gasteiger partial charge on any atom is 0.258 e. The molecule has 30 heavy (non-hydrogen) atoms. The van der Waals surface area contributed by atoms with Crippen molar-refractivity contribution in [1.29, 1.82) is 0 Å². The van der Waals surface area contributed by atoms with Crippen LogP contribution in [0.25, 0.3) is 10.9 Å². The van der Waals surface area contributed by atoms with Gasteiger partial charge in [-0.25, -0.2) is 4.98 Å². The quantitative estimate of drug-likeness (QED) is 0.453. The second-order valence-electron chi connectivity index (χ2n) is 6.98. The number of hydrogen-bond donors (Lipinski definition) is 1. The Morgan fingerprint density at radius 3 is 2.67 bits per heavy atom. The van der Waals surface area contributed by atoms with E-state index in [0.717, 1.165) is 23.2 Å². The molecule has 1 unspecified atom stereocenters. The fourth-order valence-corrected chi connectivity index (χ4v) is 3.99. The first-order chi connectivity index (χ1) is 14.5. The third kappa shape index (κ3) is 4.23. The molecule has 2 aromatic heterocycles. The summed E-state index contributed by atoms with van der Waals surface area (Å²) in [5.41, 5.74) is 1.82. The molecule has 0 radical (unpaired) electrons. The molecule has 2 aromatic carbocycles. The van der Waals surface area contributed by atoms with Gasteiger partial charge in [0.2, 0.25) is 0 Å². The van der Waals surface area contributed by atoms with E-state index in [1.54, 1.807) is 6.07 Å². The molecule has 2 heterocycles. The Morgan fingerprint density at radius 2 is 1.90 bits per heavy atom. The molecule has 1 atom stereocenters. The van der Waals surface area contributed by atoms with Crippen molar-refractivity contribution in [2.45, 2.75) is 37.3 Å². The summed E-state index contributed by atoms with van der Waals surface area (Å²) in [5.74, 6) is 2.63. The summed E-state index contributed by atoms with van der Waals surface area (Å²) in [4.78, 5) is 19.6. The van der Waals surface area contributed by atoms with Crippen molar-refractivity contribution in [3.8, 4) is 5.75 Å². The summed E-state index contributed by atoms with van der Waals surface area (Å²) in [6.07, 6.45) is 0.750. The van der Waals surface area contributed by atoms with Crippen LogP contribution in [0.4, 0.5) is 0 Å². The molecule has 0 aliphatic heterocycles. The van der Waals surface area contributed by atoms with E-state index >= 15 is 0 Å². The minimum Gasteiger partial charge on any atom is -0.483 e. The van der Waals surface area contributed by atoms with Crippen LogP contribution < -0.4 is 10.3 Å². The number of benzene rings is 2. The first-order valence-electron chi connectivity index (χ1n) is 9.80. The summed E-state index contributed by atoms with van der Waals surface area (Å²) in [7, 11) is 1.91. The molecular formula is C22H23N5O2S. The Hall–Kier alpha value is -3.13. The van der Waals surface area contributed by atoms with Crippen molar-refractivity contribution in [1.82, 2.24) is 24.7 Å². The molecule has 154 valence electrons. The fourth-order valence-electron chi connectivity index (χ4n) is 3.20. The third-order valence-electron chi connectivity index (χ3n) is 4.88. The molecule has 7 nitrogen and oxygen atoms in total. The maximum absolute atomic E-state index is 12.2. The Bertz CT molecular complexity index is 1220. The summed E-state index contributed by atoms with van der Waals surface area (Å²) < 4.78 is 7.94. The summed E-state index contributed by atoms with van der Waals surface area (Å²) >= 11 is 1.47. The highest BCUT2D eigenvalue weighted by atomic mass is 32.2. The SMILES string of the molecule is CCc1ccc(OC(C)c2nnc(SCc3nc4ccccc4c(=O)[nH]3)n2C)cc1. The fraction of sp³-hybridized carbons (Fsp3) is 0.273. The number of H-pyrrole nitrogens is 1. The number of nitrogens with zero attached hydrogens (tertiary/aromatic N) is 4. The van der Waals surface area contributed by atoms with E-state index in [0.29, 0.717) is 22.5 Å². The van der Waals surface area contributed by atoms with Gasteiger partial charge in [-0.1, -0.05) is 43.0 Å². The summed E-state index contributed by atoms with van der Waals surface area (Å²) in [6.45, 7) is 4.08. The molecule has 0 saturated carbocycles. The second kappa shape index (κ2) is 8.71. The summed E-state index contributed by atoms with van der Waals surface area (Å²) in [5, 5.41) is 9.90. The average Bonchev–Trinajstić information content (AvgIpc) is 3.13. The van der Waals surface area contributed by atoms with Gasteiger partial charge in [0.15, 0.2) is 17.1 Å². The van der Waals surface area contributed by atoms with Crippen molar-refractivity contribution >= 4 is 22.7 Å². The van der Waals surface area contributed by atoms with Crippen LogP contribution in [-0.2, 0) is 19.2 Å². The monoisotopic (exact) mass is 421 g/mol. The number of nitrogens with one attached hydrogen (secondary N) is 1. The molecule has 0 spiro atoms. The molecule has 8 heteroatoms. The predicted octanol–water partition coefficient (Wildman–Crippen LogP) is 4.05. The first kappa shape index (κ1) is 20.2. The number of ether oxygens (including phenoxy) is 1. The number of thioether (sulfide) groups is 1. The van der Waals surface area contributed by atoms with Crippen LogP contribution in [0.5, 0.6) is 5.75 Å². The highest BCUT2D eigenvalue weighted by molar-refractivity contribution is 7.98. The van der Waals surface area contributed by atoms with E-state index in [2.05, 4.69) is 39.2 Å². The van der Waals surface area contributed by atoms with Crippen molar-refractivity contribution in [3.63, 3.8) is 0 Å². The number of fused-ring (bicyclic) bond motifs is 1. The lowest BCUT2D eigenvalue weighted by molar-refractivity contribution is 0.211. The van der Waals surface area contributed by atoms with Gasteiger partial charge in [-0.3, -0.25) is 4.79 Å². The van der Waals surface area contributed by atoms with Gasteiger partial charge in [-0.15, -0.1) is 10.2 Å². The average molecular weight is 422 g/mol. The summed E-state index contributed by atoms with van der Waals surface area (Å²) in [6, 6.07) is 15.4. The van der Waals surface area contributed by atoms with E-state index in [1.165, 1.54) is 17.3 Å². The van der Waals surface area contributed by atoms with Gasteiger partial charge in [0, 0.05) is 7.05 Å². The second-order valence-corrected chi connectivity index (χ2v) is 7.92. The van der Waals surface area contributed by atoms with Crippen LogP contribution in [0.3, 0.4) is 0 Å². The zero-order valence-corrected chi connectivity index (χ0v) is 17.9. The zero-order chi connectivity index (χ0) is 21.1. The van der Waals surface area contributed by atoms with Gasteiger partial charge in [0.1, 0.15) is 11.6 Å². The van der Waals surface area contributed by atoms with E-state index in [1.807, 2.05) is 48.9 Å². The van der Waals surface area contributed by atoms with Crippen LogP contribution in [0.15, 0.2) is 58.5 Å². The van der Waals surface area contributed by atoms with E-state index in [-0.39, 0.29) is 11.7 Å². The molecule has 0 amide bonds. The topological polar surface area (TPSA) is 85.7 Å². The molecule has 4 aromatic rings. The van der Waals surface area contributed by atoms with Crippen molar-refractivity contribution in [2.24, 2.45) is 7.05 Å². The largest absolute Gasteiger partial charge is 0.483 e. The Morgan fingerprint density at radius 1 is 1.13 bits per heavy atom.